The number of anilines is 3. The van der Waals surface area contributed by atoms with Gasteiger partial charge in [0.15, 0.2) is 0 Å². The molecular formula is C24H27FN4O4. The van der Waals surface area contributed by atoms with Gasteiger partial charge in [-0.3, -0.25) is 9.69 Å². The van der Waals surface area contributed by atoms with E-state index in [1.165, 1.54) is 18.2 Å². The molecule has 33 heavy (non-hydrogen) atoms. The Morgan fingerprint density at radius 3 is 2.55 bits per heavy atom. The van der Waals surface area contributed by atoms with E-state index >= 15 is 0 Å². The topological polar surface area (TPSA) is 83.1 Å². The number of rotatable bonds is 6. The van der Waals surface area contributed by atoms with Crippen LogP contribution in [0.25, 0.3) is 0 Å². The second kappa shape index (κ2) is 9.91. The fourth-order valence-electron chi connectivity index (χ4n) is 4.04. The van der Waals surface area contributed by atoms with Gasteiger partial charge in [-0.2, -0.15) is 0 Å². The average Bonchev–Trinajstić information content (AvgIpc) is 2.95. The van der Waals surface area contributed by atoms with E-state index in [1.807, 2.05) is 24.3 Å². The molecule has 0 atom stereocenters. The second-order valence-corrected chi connectivity index (χ2v) is 7.78. The van der Waals surface area contributed by atoms with Crippen molar-refractivity contribution >= 4 is 28.9 Å². The van der Waals surface area contributed by atoms with Gasteiger partial charge < -0.3 is 25.0 Å². The van der Waals surface area contributed by atoms with E-state index in [2.05, 4.69) is 20.4 Å². The summed E-state index contributed by atoms with van der Waals surface area (Å²) in [5.74, 6) is -0.741. The van der Waals surface area contributed by atoms with E-state index in [9.17, 15) is 14.0 Å². The van der Waals surface area contributed by atoms with E-state index in [0.29, 0.717) is 18.8 Å². The lowest BCUT2D eigenvalue weighted by molar-refractivity contribution is -0.138. The van der Waals surface area contributed by atoms with Crippen LogP contribution < -0.4 is 20.3 Å². The summed E-state index contributed by atoms with van der Waals surface area (Å²) in [6.45, 7) is 4.98. The molecule has 0 radical (unpaired) electrons. The summed E-state index contributed by atoms with van der Waals surface area (Å²) in [5, 5.41) is 5.71. The van der Waals surface area contributed by atoms with Crippen molar-refractivity contribution in [1.82, 2.24) is 4.90 Å². The number of nitrogens with one attached hydrogen (secondary N) is 2. The minimum absolute atomic E-state index is 0.0758. The number of piperazine rings is 1. The highest BCUT2D eigenvalue weighted by Crippen LogP contribution is 2.31. The van der Waals surface area contributed by atoms with E-state index in [-0.39, 0.29) is 30.1 Å². The quantitative estimate of drug-likeness (QED) is 0.650. The van der Waals surface area contributed by atoms with Gasteiger partial charge in [0.1, 0.15) is 17.3 Å². The molecule has 1 fully saturated rings. The SMILES string of the molecule is CCOC(=O)C1=C(CN2CCN(c3ccccc3OC)CC2)C(=O)Nc2cc(F)ccc2N1. The lowest BCUT2D eigenvalue weighted by Crippen LogP contribution is -2.48. The number of para-hydroxylation sites is 2. The first-order valence-corrected chi connectivity index (χ1v) is 10.9. The van der Waals surface area contributed by atoms with Crippen molar-refractivity contribution < 1.29 is 23.5 Å². The minimum Gasteiger partial charge on any atom is -0.495 e. The van der Waals surface area contributed by atoms with Gasteiger partial charge in [-0.15, -0.1) is 0 Å². The molecule has 174 valence electrons. The molecule has 9 heteroatoms. The Balaban J connectivity index is 1.53. The van der Waals surface area contributed by atoms with Crippen molar-refractivity contribution in [1.29, 1.82) is 0 Å². The number of methoxy groups -OCH3 is 1. The monoisotopic (exact) mass is 454 g/mol. The number of ether oxygens (including phenoxy) is 2. The maximum atomic E-state index is 13.7. The molecule has 0 aromatic heterocycles. The molecule has 8 nitrogen and oxygen atoms in total. The highest BCUT2D eigenvalue weighted by molar-refractivity contribution is 6.13. The number of carbonyl (C=O) groups is 2. The van der Waals surface area contributed by atoms with Gasteiger partial charge in [-0.25, -0.2) is 9.18 Å². The lowest BCUT2D eigenvalue weighted by atomic mass is 10.1. The predicted molar refractivity (Wildman–Crippen MR) is 124 cm³/mol. The number of halogens is 1. The third-order valence-electron chi connectivity index (χ3n) is 5.72. The summed E-state index contributed by atoms with van der Waals surface area (Å²) in [7, 11) is 1.65. The number of fused-ring (bicyclic) bond motifs is 1. The van der Waals surface area contributed by atoms with Crippen molar-refractivity contribution in [3.05, 3.63) is 59.6 Å². The molecule has 0 aliphatic carbocycles. The Morgan fingerprint density at radius 1 is 1.06 bits per heavy atom. The molecule has 2 heterocycles. The molecule has 2 N–H and O–H groups in total. The van der Waals surface area contributed by atoms with Crippen LogP contribution in [0.1, 0.15) is 6.92 Å². The first-order chi connectivity index (χ1) is 16.0. The third kappa shape index (κ3) is 4.93. The molecule has 0 unspecified atom stereocenters. The zero-order valence-corrected chi connectivity index (χ0v) is 18.7. The first-order valence-electron chi connectivity index (χ1n) is 10.9. The van der Waals surface area contributed by atoms with Crippen LogP contribution in [0.5, 0.6) is 5.75 Å². The van der Waals surface area contributed by atoms with Crippen molar-refractivity contribution in [3.8, 4) is 5.75 Å². The number of esters is 1. The Morgan fingerprint density at radius 2 is 1.82 bits per heavy atom. The maximum absolute atomic E-state index is 13.7. The lowest BCUT2D eigenvalue weighted by Gasteiger charge is -2.36. The van der Waals surface area contributed by atoms with Crippen molar-refractivity contribution in [2.45, 2.75) is 6.92 Å². The zero-order chi connectivity index (χ0) is 23.4. The summed E-state index contributed by atoms with van der Waals surface area (Å²) in [5.41, 5.74) is 2.07. The van der Waals surface area contributed by atoms with Crippen LogP contribution in [0, 0.1) is 5.82 Å². The van der Waals surface area contributed by atoms with E-state index < -0.39 is 17.7 Å². The van der Waals surface area contributed by atoms with Gasteiger partial charge in [0.25, 0.3) is 5.91 Å². The maximum Gasteiger partial charge on any atom is 0.355 e. The van der Waals surface area contributed by atoms with E-state index in [1.54, 1.807) is 14.0 Å². The van der Waals surface area contributed by atoms with Crippen LogP contribution >= 0.6 is 0 Å². The minimum atomic E-state index is -0.618. The summed E-state index contributed by atoms with van der Waals surface area (Å²) in [6.07, 6.45) is 0. The number of hydrogen-bond acceptors (Lipinski definition) is 7. The van der Waals surface area contributed by atoms with Crippen LogP contribution in [-0.2, 0) is 14.3 Å². The smallest absolute Gasteiger partial charge is 0.355 e. The van der Waals surface area contributed by atoms with Crippen LogP contribution in [0.2, 0.25) is 0 Å². The molecule has 0 bridgehead atoms. The van der Waals surface area contributed by atoms with E-state index in [4.69, 9.17) is 9.47 Å². The molecule has 0 spiro atoms. The standard InChI is InChI=1S/C24H27FN4O4/c1-3-33-24(31)22-17(23(30)27-19-14-16(25)8-9-18(19)26-22)15-28-10-12-29(13-11-28)20-6-4-5-7-21(20)32-2/h4-9,14,26H,3,10-13,15H2,1-2H3,(H,27,30). The fraction of sp³-hybridized carbons (Fsp3) is 0.333. The predicted octanol–water partition coefficient (Wildman–Crippen LogP) is 2.84. The van der Waals surface area contributed by atoms with Crippen molar-refractivity contribution in [2.24, 2.45) is 0 Å². The van der Waals surface area contributed by atoms with Crippen molar-refractivity contribution in [2.75, 3.05) is 62.0 Å². The van der Waals surface area contributed by atoms with E-state index in [0.717, 1.165) is 24.5 Å². The molecule has 1 amide bonds. The van der Waals surface area contributed by atoms with Gasteiger partial charge in [-0.05, 0) is 37.3 Å². The van der Waals surface area contributed by atoms with Crippen molar-refractivity contribution in [3.63, 3.8) is 0 Å². The molecule has 0 saturated carbocycles. The Labute approximate surface area is 192 Å². The van der Waals surface area contributed by atoms with Crippen LogP contribution in [0.15, 0.2) is 53.7 Å². The zero-order valence-electron chi connectivity index (χ0n) is 18.7. The largest absolute Gasteiger partial charge is 0.495 e. The van der Waals surface area contributed by atoms with Gasteiger partial charge in [0.05, 0.1) is 36.4 Å². The van der Waals surface area contributed by atoms with Gasteiger partial charge in [0.2, 0.25) is 0 Å². The summed E-state index contributed by atoms with van der Waals surface area (Å²) < 4.78 is 24.4. The van der Waals surface area contributed by atoms with Gasteiger partial charge >= 0.3 is 5.97 Å². The van der Waals surface area contributed by atoms with Gasteiger partial charge in [0, 0.05) is 32.7 Å². The molecule has 4 rings (SSSR count). The summed E-state index contributed by atoms with van der Waals surface area (Å²) >= 11 is 0. The molecular weight excluding hydrogens is 427 g/mol. The third-order valence-corrected chi connectivity index (χ3v) is 5.72. The fourth-order valence-corrected chi connectivity index (χ4v) is 4.04. The normalized spacial score (nSPS) is 16.5. The number of benzene rings is 2. The van der Waals surface area contributed by atoms with Crippen LogP contribution in [0.3, 0.4) is 0 Å². The highest BCUT2D eigenvalue weighted by Gasteiger charge is 2.30. The molecule has 2 aromatic carbocycles. The molecule has 1 saturated heterocycles. The number of carbonyl (C=O) groups excluding carboxylic acids is 2. The first kappa shape index (κ1) is 22.6. The summed E-state index contributed by atoms with van der Waals surface area (Å²) in [4.78, 5) is 30.1. The highest BCUT2D eigenvalue weighted by atomic mass is 19.1. The Hall–Kier alpha value is -3.59. The number of amides is 1. The average molecular weight is 455 g/mol. The number of nitrogens with zero attached hydrogens (tertiary/aromatic N) is 2. The van der Waals surface area contributed by atoms with Crippen LogP contribution in [-0.4, -0.2) is 63.2 Å². The second-order valence-electron chi connectivity index (χ2n) is 7.78. The Kier molecular flexibility index (Phi) is 6.79. The number of hydrogen-bond donors (Lipinski definition) is 2. The van der Waals surface area contributed by atoms with Gasteiger partial charge in [-0.1, -0.05) is 12.1 Å². The summed E-state index contributed by atoms with van der Waals surface area (Å²) in [6, 6.07) is 11.8. The molecule has 2 aliphatic rings. The Bertz CT molecular complexity index is 1080. The molecule has 2 aromatic rings. The van der Waals surface area contributed by atoms with Crippen LogP contribution in [0.4, 0.5) is 21.5 Å². The molecule has 2 aliphatic heterocycles.